The minimum Gasteiger partial charge on any atom is -0.394 e. The average molecular weight is 682 g/mol. The Morgan fingerprint density at radius 1 is 0.490 bits per heavy atom. The van der Waals surface area contributed by atoms with Crippen LogP contribution in [0, 0.1) is 0 Å². The van der Waals surface area contributed by atoms with E-state index in [1.54, 1.807) is 6.08 Å². The van der Waals surface area contributed by atoms with Crippen LogP contribution in [0.5, 0.6) is 0 Å². The maximum absolute atomic E-state index is 12.4. The van der Waals surface area contributed by atoms with Crippen LogP contribution in [0.2, 0.25) is 0 Å². The molecule has 0 aromatic rings. The van der Waals surface area contributed by atoms with E-state index in [-0.39, 0.29) is 12.5 Å². The highest BCUT2D eigenvalue weighted by Crippen LogP contribution is 2.11. The zero-order chi connectivity index (χ0) is 35.7. The van der Waals surface area contributed by atoms with Crippen LogP contribution in [-0.2, 0) is 4.79 Å². The van der Waals surface area contributed by atoms with Gasteiger partial charge in [-0.05, 0) is 83.5 Å². The lowest BCUT2D eigenvalue weighted by atomic mass is 10.1. The minimum atomic E-state index is -0.878. The van der Waals surface area contributed by atoms with Crippen molar-refractivity contribution in [3.63, 3.8) is 0 Å². The van der Waals surface area contributed by atoms with Crippen LogP contribution >= 0.6 is 0 Å². The van der Waals surface area contributed by atoms with Crippen LogP contribution in [0.4, 0.5) is 0 Å². The van der Waals surface area contributed by atoms with Crippen molar-refractivity contribution in [1.82, 2.24) is 5.32 Å². The predicted molar refractivity (Wildman–Crippen MR) is 216 cm³/mol. The fourth-order valence-corrected chi connectivity index (χ4v) is 5.68. The lowest BCUT2D eigenvalue weighted by Gasteiger charge is -2.19. The summed E-state index contributed by atoms with van der Waals surface area (Å²) >= 11 is 0. The zero-order valence-electron chi connectivity index (χ0n) is 32.2. The Morgan fingerprint density at radius 2 is 0.857 bits per heavy atom. The van der Waals surface area contributed by atoms with Crippen molar-refractivity contribution in [3.05, 3.63) is 72.9 Å². The molecule has 49 heavy (non-hydrogen) atoms. The molecule has 0 fully saturated rings. The van der Waals surface area contributed by atoms with Gasteiger partial charge < -0.3 is 15.5 Å². The monoisotopic (exact) mass is 682 g/mol. The molecular weight excluding hydrogens is 602 g/mol. The minimum absolute atomic E-state index is 0.0940. The van der Waals surface area contributed by atoms with E-state index in [2.05, 4.69) is 79.9 Å². The molecule has 2 atom stereocenters. The van der Waals surface area contributed by atoms with Crippen molar-refractivity contribution >= 4 is 5.91 Å². The van der Waals surface area contributed by atoms with Gasteiger partial charge in [0.05, 0.1) is 18.8 Å². The summed E-state index contributed by atoms with van der Waals surface area (Å²) in [5.41, 5.74) is 0. The second-order valence-electron chi connectivity index (χ2n) is 13.7. The Labute approximate surface area is 304 Å². The van der Waals surface area contributed by atoms with Crippen LogP contribution < -0.4 is 5.32 Å². The van der Waals surface area contributed by atoms with E-state index in [1.165, 1.54) is 103 Å². The van der Waals surface area contributed by atoms with E-state index >= 15 is 0 Å². The van der Waals surface area contributed by atoms with Crippen LogP contribution in [0.1, 0.15) is 187 Å². The number of rotatable bonds is 36. The third-order valence-electron chi connectivity index (χ3n) is 8.89. The highest BCUT2D eigenvalue weighted by atomic mass is 16.3. The molecule has 0 heterocycles. The quantitative estimate of drug-likeness (QED) is 0.0455. The number of aliphatic hydroxyl groups is 2. The summed E-state index contributed by atoms with van der Waals surface area (Å²) in [6.07, 6.45) is 57.1. The number of allylic oxidation sites excluding steroid dienone is 11. The number of hydrogen-bond acceptors (Lipinski definition) is 3. The fraction of sp³-hybridized carbons (Fsp3) is 0.711. The number of unbranched alkanes of at least 4 members (excludes halogenated alkanes) is 19. The van der Waals surface area contributed by atoms with E-state index in [0.29, 0.717) is 6.42 Å². The van der Waals surface area contributed by atoms with Gasteiger partial charge in [-0.1, -0.05) is 170 Å². The predicted octanol–water partition coefficient (Wildman–Crippen LogP) is 12.7. The van der Waals surface area contributed by atoms with Crippen molar-refractivity contribution in [1.29, 1.82) is 0 Å². The first-order valence-electron chi connectivity index (χ1n) is 20.7. The topological polar surface area (TPSA) is 69.6 Å². The Hall–Kier alpha value is -2.17. The van der Waals surface area contributed by atoms with Gasteiger partial charge in [0, 0.05) is 6.42 Å². The van der Waals surface area contributed by atoms with Crippen LogP contribution in [0.25, 0.3) is 0 Å². The molecule has 0 spiro atoms. The number of carbonyl (C=O) groups excluding carboxylic acids is 1. The summed E-state index contributed by atoms with van der Waals surface area (Å²) in [4.78, 5) is 12.4. The molecule has 0 aliphatic carbocycles. The standard InChI is InChI=1S/C45H79NO3/c1-3-5-7-9-11-13-15-17-19-21-22-23-24-25-27-29-31-33-35-37-39-41-45(49)46-43(42-47)44(48)40-38-36-34-32-30-28-26-20-18-16-14-12-10-8-6-4-2/h15,17-18,20-22,24-25,30,32,38,40,43-44,47-48H,3-14,16,19,23,26-29,31,33-37,39,41-42H2,1-2H3,(H,46,49)/b17-15-,20-18+,22-21-,25-24-,32-30+,40-38+. The van der Waals surface area contributed by atoms with Gasteiger partial charge in [0.2, 0.25) is 5.91 Å². The Morgan fingerprint density at radius 3 is 1.33 bits per heavy atom. The first-order chi connectivity index (χ1) is 24.2. The van der Waals surface area contributed by atoms with Gasteiger partial charge in [-0.2, -0.15) is 0 Å². The van der Waals surface area contributed by atoms with Gasteiger partial charge in [0.1, 0.15) is 0 Å². The second kappa shape index (κ2) is 40.3. The van der Waals surface area contributed by atoms with Crippen molar-refractivity contribution in [2.24, 2.45) is 0 Å². The molecular formula is C45H79NO3. The fourth-order valence-electron chi connectivity index (χ4n) is 5.68. The lowest BCUT2D eigenvalue weighted by Crippen LogP contribution is -2.45. The summed E-state index contributed by atoms with van der Waals surface area (Å²) in [5.74, 6) is -0.0940. The molecule has 0 rings (SSSR count). The van der Waals surface area contributed by atoms with E-state index < -0.39 is 12.1 Å². The summed E-state index contributed by atoms with van der Waals surface area (Å²) in [6, 6.07) is -0.655. The van der Waals surface area contributed by atoms with Gasteiger partial charge in [-0.15, -0.1) is 0 Å². The summed E-state index contributed by atoms with van der Waals surface area (Å²) < 4.78 is 0. The second-order valence-corrected chi connectivity index (χ2v) is 13.7. The molecule has 0 saturated heterocycles. The number of amides is 1. The molecule has 2 unspecified atom stereocenters. The largest absolute Gasteiger partial charge is 0.394 e. The lowest BCUT2D eigenvalue weighted by molar-refractivity contribution is -0.123. The van der Waals surface area contributed by atoms with Gasteiger partial charge >= 0.3 is 0 Å². The smallest absolute Gasteiger partial charge is 0.220 e. The molecule has 0 saturated carbocycles. The van der Waals surface area contributed by atoms with Crippen molar-refractivity contribution in [2.75, 3.05) is 6.61 Å². The van der Waals surface area contributed by atoms with Gasteiger partial charge in [0.25, 0.3) is 0 Å². The van der Waals surface area contributed by atoms with Gasteiger partial charge in [-0.3, -0.25) is 4.79 Å². The summed E-state index contributed by atoms with van der Waals surface area (Å²) in [6.45, 7) is 4.25. The zero-order valence-corrected chi connectivity index (χ0v) is 32.2. The molecule has 282 valence electrons. The molecule has 4 nitrogen and oxygen atoms in total. The van der Waals surface area contributed by atoms with Gasteiger partial charge in [-0.25, -0.2) is 0 Å². The van der Waals surface area contributed by atoms with Crippen molar-refractivity contribution < 1.29 is 15.0 Å². The van der Waals surface area contributed by atoms with E-state index in [0.717, 1.165) is 64.2 Å². The molecule has 0 bridgehead atoms. The van der Waals surface area contributed by atoms with Gasteiger partial charge in [0.15, 0.2) is 0 Å². The van der Waals surface area contributed by atoms with Crippen molar-refractivity contribution in [2.45, 2.75) is 199 Å². The highest BCUT2D eigenvalue weighted by Gasteiger charge is 2.17. The Balaban J connectivity index is 3.72. The highest BCUT2D eigenvalue weighted by molar-refractivity contribution is 5.76. The van der Waals surface area contributed by atoms with Crippen LogP contribution in [0.3, 0.4) is 0 Å². The number of carbonyl (C=O) groups is 1. The molecule has 0 aliphatic heterocycles. The summed E-state index contributed by atoms with van der Waals surface area (Å²) in [5, 5.41) is 22.9. The first kappa shape index (κ1) is 46.8. The van der Waals surface area contributed by atoms with Crippen LogP contribution in [0.15, 0.2) is 72.9 Å². The van der Waals surface area contributed by atoms with E-state index in [1.807, 2.05) is 6.08 Å². The molecule has 3 N–H and O–H groups in total. The third-order valence-corrected chi connectivity index (χ3v) is 8.89. The SMILES string of the molecule is CCCCCCC/C=C\C/C=C\C/C=C\CCCCCCCCC(=O)NC(CO)C(O)/C=C/CC/C=C/CC/C=C/CCCCCCCC. The Bertz CT molecular complexity index is 868. The van der Waals surface area contributed by atoms with E-state index in [9.17, 15) is 15.0 Å². The molecule has 4 heteroatoms. The molecule has 0 radical (unpaired) electrons. The number of nitrogens with one attached hydrogen (secondary N) is 1. The first-order valence-corrected chi connectivity index (χ1v) is 20.7. The third kappa shape index (κ3) is 36.9. The number of hydrogen-bond donors (Lipinski definition) is 3. The average Bonchev–Trinajstić information content (AvgIpc) is 3.10. The number of aliphatic hydroxyl groups excluding tert-OH is 2. The molecule has 0 aliphatic rings. The Kier molecular flexibility index (Phi) is 38.5. The normalized spacial score (nSPS) is 13.8. The van der Waals surface area contributed by atoms with Crippen molar-refractivity contribution in [3.8, 4) is 0 Å². The summed E-state index contributed by atoms with van der Waals surface area (Å²) in [7, 11) is 0. The molecule has 0 aromatic heterocycles. The molecule has 0 aromatic carbocycles. The van der Waals surface area contributed by atoms with Crippen LogP contribution in [-0.4, -0.2) is 34.9 Å². The maximum atomic E-state index is 12.4. The molecule has 1 amide bonds. The maximum Gasteiger partial charge on any atom is 0.220 e. The van der Waals surface area contributed by atoms with E-state index in [4.69, 9.17) is 0 Å².